The van der Waals surface area contributed by atoms with Gasteiger partial charge < -0.3 is 9.84 Å². The van der Waals surface area contributed by atoms with Gasteiger partial charge >= 0.3 is 0 Å². The Morgan fingerprint density at radius 1 is 1.67 bits per heavy atom. The highest BCUT2D eigenvalue weighted by Crippen LogP contribution is 2.26. The van der Waals surface area contributed by atoms with Crippen molar-refractivity contribution in [3.8, 4) is 0 Å². The van der Waals surface area contributed by atoms with Crippen molar-refractivity contribution < 1.29 is 9.84 Å². The average Bonchev–Trinajstić information content (AvgIpc) is 2.84. The van der Waals surface area contributed by atoms with Gasteiger partial charge in [0.1, 0.15) is 5.76 Å². The van der Waals surface area contributed by atoms with Gasteiger partial charge in [-0.25, -0.2) is 0 Å². The van der Waals surface area contributed by atoms with Crippen molar-refractivity contribution in [2.45, 2.75) is 32.9 Å². The number of aromatic nitrogens is 2. The number of rotatable bonds is 3. The lowest BCUT2D eigenvalue weighted by Gasteiger charge is -2.13. The van der Waals surface area contributed by atoms with Gasteiger partial charge in [0.05, 0.1) is 18.0 Å². The van der Waals surface area contributed by atoms with E-state index >= 15 is 0 Å². The zero-order valence-electron chi connectivity index (χ0n) is 9.10. The Morgan fingerprint density at radius 2 is 2.47 bits per heavy atom. The highest BCUT2D eigenvalue weighted by atomic mass is 16.5. The van der Waals surface area contributed by atoms with Crippen molar-refractivity contribution in [2.75, 3.05) is 6.61 Å². The van der Waals surface area contributed by atoms with Crippen LogP contribution in [-0.4, -0.2) is 21.5 Å². The van der Waals surface area contributed by atoms with Gasteiger partial charge in [0.2, 0.25) is 0 Å². The summed E-state index contributed by atoms with van der Waals surface area (Å²) >= 11 is 0. The summed E-state index contributed by atoms with van der Waals surface area (Å²) < 4.78 is 7.16. The third-order valence-electron chi connectivity index (χ3n) is 2.51. The number of nitrogens with zero attached hydrogens (tertiary/aromatic N) is 2. The lowest BCUT2D eigenvalue weighted by atomic mass is 10.2. The molecule has 0 bridgehead atoms. The molecule has 1 aromatic heterocycles. The molecule has 4 heteroatoms. The quantitative estimate of drug-likeness (QED) is 0.819. The van der Waals surface area contributed by atoms with Gasteiger partial charge in [-0.2, -0.15) is 5.10 Å². The Hall–Kier alpha value is -1.29. The van der Waals surface area contributed by atoms with Crippen molar-refractivity contribution in [3.63, 3.8) is 0 Å². The number of hydrogen-bond donors (Lipinski definition) is 1. The summed E-state index contributed by atoms with van der Waals surface area (Å²) in [4.78, 5) is 0. The highest BCUT2D eigenvalue weighted by Gasteiger charge is 2.21. The van der Waals surface area contributed by atoms with E-state index in [0.29, 0.717) is 12.4 Å². The normalized spacial score (nSPS) is 17.4. The molecule has 15 heavy (non-hydrogen) atoms. The second kappa shape index (κ2) is 4.06. The molecule has 4 nitrogen and oxygen atoms in total. The van der Waals surface area contributed by atoms with Crippen LogP contribution in [0.2, 0.25) is 0 Å². The zero-order valence-corrected chi connectivity index (χ0v) is 9.10. The summed E-state index contributed by atoms with van der Waals surface area (Å²) in [5.74, 6) is 0.657. The van der Waals surface area contributed by atoms with E-state index in [1.54, 1.807) is 0 Å². The van der Waals surface area contributed by atoms with Crippen LogP contribution in [0.15, 0.2) is 17.9 Å². The first-order valence-corrected chi connectivity index (χ1v) is 5.27. The van der Waals surface area contributed by atoms with Gasteiger partial charge in [-0.3, -0.25) is 4.68 Å². The molecule has 1 N–H and O–H groups in total. The zero-order chi connectivity index (χ0) is 10.8. The van der Waals surface area contributed by atoms with Crippen molar-refractivity contribution in [2.24, 2.45) is 0 Å². The first-order chi connectivity index (χ1) is 7.22. The number of ether oxygens (including phenoxy) is 1. The summed E-state index contributed by atoms with van der Waals surface area (Å²) in [5, 5.41) is 14.4. The monoisotopic (exact) mass is 208 g/mol. The van der Waals surface area contributed by atoms with Gasteiger partial charge in [0.25, 0.3) is 0 Å². The molecule has 0 aliphatic carbocycles. The fourth-order valence-corrected chi connectivity index (χ4v) is 1.81. The van der Waals surface area contributed by atoms with Crippen LogP contribution in [0.5, 0.6) is 0 Å². The maximum atomic E-state index is 10.1. The minimum atomic E-state index is -0.673. The molecule has 2 heterocycles. The van der Waals surface area contributed by atoms with E-state index in [1.165, 1.54) is 0 Å². The molecular formula is C11H16N2O2. The van der Waals surface area contributed by atoms with Crippen LogP contribution >= 0.6 is 0 Å². The predicted octanol–water partition coefficient (Wildman–Crippen LogP) is 1.55. The fraction of sp³-hybridized carbons (Fsp3) is 0.545. The van der Waals surface area contributed by atoms with Crippen molar-refractivity contribution in [3.05, 3.63) is 29.3 Å². The summed E-state index contributed by atoms with van der Waals surface area (Å²) in [6.07, 6.45) is 2.15. The maximum absolute atomic E-state index is 10.1. The second-order valence-electron chi connectivity index (χ2n) is 3.67. The molecule has 0 radical (unpaired) electrons. The summed E-state index contributed by atoms with van der Waals surface area (Å²) in [5.41, 5.74) is 1.73. The molecular weight excluding hydrogens is 192 g/mol. The summed E-state index contributed by atoms with van der Waals surface area (Å²) in [6, 6.07) is 1.90. The van der Waals surface area contributed by atoms with Crippen LogP contribution in [0.1, 0.15) is 30.8 Å². The molecule has 1 atom stereocenters. The molecule has 0 spiro atoms. The van der Waals surface area contributed by atoms with E-state index in [1.807, 2.05) is 30.7 Å². The molecule has 0 saturated carbocycles. The second-order valence-corrected chi connectivity index (χ2v) is 3.67. The number of aliphatic hydroxyl groups excluding tert-OH is 1. The molecule has 1 aromatic rings. The van der Waals surface area contributed by atoms with Crippen LogP contribution in [0.3, 0.4) is 0 Å². The fourth-order valence-electron chi connectivity index (χ4n) is 1.81. The van der Waals surface area contributed by atoms with Crippen molar-refractivity contribution in [1.29, 1.82) is 0 Å². The minimum Gasteiger partial charge on any atom is -0.495 e. The number of aliphatic hydroxyl groups is 1. The van der Waals surface area contributed by atoms with Crippen LogP contribution in [-0.2, 0) is 11.3 Å². The van der Waals surface area contributed by atoms with Gasteiger partial charge in [-0.05, 0) is 26.0 Å². The molecule has 1 aliphatic rings. The third kappa shape index (κ3) is 1.90. The summed E-state index contributed by atoms with van der Waals surface area (Å²) in [6.45, 7) is 5.36. The van der Waals surface area contributed by atoms with Gasteiger partial charge in [-0.1, -0.05) is 0 Å². The van der Waals surface area contributed by atoms with Gasteiger partial charge in [0, 0.05) is 13.0 Å². The van der Waals surface area contributed by atoms with Crippen molar-refractivity contribution >= 4 is 0 Å². The van der Waals surface area contributed by atoms with E-state index in [4.69, 9.17) is 4.74 Å². The van der Waals surface area contributed by atoms with E-state index in [0.717, 1.165) is 24.4 Å². The van der Waals surface area contributed by atoms with Crippen LogP contribution in [0.4, 0.5) is 0 Å². The Bertz CT molecular complexity index is 382. The smallest absolute Gasteiger partial charge is 0.152 e. The van der Waals surface area contributed by atoms with E-state index in [9.17, 15) is 5.11 Å². The van der Waals surface area contributed by atoms with E-state index in [-0.39, 0.29) is 0 Å². The lowest BCUT2D eigenvalue weighted by Crippen LogP contribution is -2.10. The summed E-state index contributed by atoms with van der Waals surface area (Å²) in [7, 11) is 0. The Labute approximate surface area is 89.2 Å². The van der Waals surface area contributed by atoms with Crippen LogP contribution in [0, 0.1) is 6.92 Å². The Morgan fingerprint density at radius 3 is 3.07 bits per heavy atom. The van der Waals surface area contributed by atoms with Crippen LogP contribution < -0.4 is 0 Å². The average molecular weight is 208 g/mol. The SMILES string of the molecule is CCn1nc(C)cc1C(O)C1=CCCO1. The maximum Gasteiger partial charge on any atom is 0.152 e. The first kappa shape index (κ1) is 10.2. The van der Waals surface area contributed by atoms with Crippen LogP contribution in [0.25, 0.3) is 0 Å². The van der Waals surface area contributed by atoms with Gasteiger partial charge in [-0.15, -0.1) is 0 Å². The minimum absolute atomic E-state index is 0.657. The number of hydrogen-bond acceptors (Lipinski definition) is 3. The topological polar surface area (TPSA) is 47.3 Å². The van der Waals surface area contributed by atoms with Gasteiger partial charge in [0.15, 0.2) is 6.10 Å². The Balaban J connectivity index is 2.27. The molecule has 0 aromatic carbocycles. The van der Waals surface area contributed by atoms with E-state index < -0.39 is 6.10 Å². The molecule has 1 aliphatic heterocycles. The number of aryl methyl sites for hydroxylation is 2. The molecule has 0 saturated heterocycles. The molecule has 1 unspecified atom stereocenters. The standard InChI is InChI=1S/C11H16N2O2/c1-3-13-9(7-8(2)12-13)11(14)10-5-4-6-15-10/h5,7,11,14H,3-4,6H2,1-2H3. The molecule has 0 amide bonds. The Kier molecular flexibility index (Phi) is 2.77. The lowest BCUT2D eigenvalue weighted by molar-refractivity contribution is 0.112. The van der Waals surface area contributed by atoms with Crippen molar-refractivity contribution in [1.82, 2.24) is 9.78 Å². The third-order valence-corrected chi connectivity index (χ3v) is 2.51. The predicted molar refractivity (Wildman–Crippen MR) is 56.2 cm³/mol. The first-order valence-electron chi connectivity index (χ1n) is 5.27. The van der Waals surface area contributed by atoms with E-state index in [2.05, 4.69) is 5.10 Å². The molecule has 82 valence electrons. The molecule has 0 fully saturated rings. The largest absolute Gasteiger partial charge is 0.495 e. The highest BCUT2D eigenvalue weighted by molar-refractivity contribution is 5.20. The molecule has 2 rings (SSSR count).